The maximum Gasteiger partial charge on any atom is 0.0406 e. The first-order chi connectivity index (χ1) is 10.2. The molecule has 0 heterocycles. The number of unbranched alkanes of at least 4 members (excludes halogenated alkanes) is 3. The first-order valence-corrected chi connectivity index (χ1v) is 9.03. The molecule has 1 aliphatic rings. The molecule has 1 atom stereocenters. The molecule has 0 amide bonds. The SMILES string of the molecule is CC(C)CCCCCCNC(c1ccc(Cl)cc1)C1CC1. The molecule has 1 saturated carbocycles. The largest absolute Gasteiger partial charge is 0.310 e. The third kappa shape index (κ3) is 6.40. The topological polar surface area (TPSA) is 12.0 Å². The van der Waals surface area contributed by atoms with Gasteiger partial charge in [0, 0.05) is 11.1 Å². The van der Waals surface area contributed by atoms with Crippen molar-refractivity contribution in [1.82, 2.24) is 5.32 Å². The highest BCUT2D eigenvalue weighted by Crippen LogP contribution is 2.41. The Morgan fingerprint density at radius 1 is 1.05 bits per heavy atom. The maximum absolute atomic E-state index is 5.99. The molecule has 2 heteroatoms. The quantitative estimate of drug-likeness (QED) is 0.524. The lowest BCUT2D eigenvalue weighted by Gasteiger charge is -2.19. The Bertz CT molecular complexity index is 395. The van der Waals surface area contributed by atoms with E-state index < -0.39 is 0 Å². The van der Waals surface area contributed by atoms with E-state index in [1.54, 1.807) is 0 Å². The van der Waals surface area contributed by atoms with E-state index >= 15 is 0 Å². The summed E-state index contributed by atoms with van der Waals surface area (Å²) in [4.78, 5) is 0. The van der Waals surface area contributed by atoms with Crippen molar-refractivity contribution in [3.05, 3.63) is 34.9 Å². The molecule has 0 radical (unpaired) electrons. The molecule has 2 rings (SSSR count). The van der Waals surface area contributed by atoms with E-state index in [9.17, 15) is 0 Å². The normalized spacial score (nSPS) is 16.4. The molecule has 1 unspecified atom stereocenters. The van der Waals surface area contributed by atoms with Crippen LogP contribution in [-0.4, -0.2) is 6.54 Å². The Morgan fingerprint density at radius 2 is 1.71 bits per heavy atom. The lowest BCUT2D eigenvalue weighted by molar-refractivity contribution is 0.458. The number of hydrogen-bond donors (Lipinski definition) is 1. The summed E-state index contributed by atoms with van der Waals surface area (Å²) in [6, 6.07) is 8.93. The first kappa shape index (κ1) is 16.8. The van der Waals surface area contributed by atoms with Crippen LogP contribution in [0.1, 0.15) is 70.4 Å². The predicted octanol–water partition coefficient (Wildman–Crippen LogP) is 5.99. The van der Waals surface area contributed by atoms with E-state index in [0.717, 1.165) is 23.4 Å². The molecule has 0 aromatic heterocycles. The molecule has 1 fully saturated rings. The standard InChI is InChI=1S/C19H30ClN/c1-15(2)7-5-3-4-6-14-21-19(16-8-9-16)17-10-12-18(20)13-11-17/h10-13,15-16,19,21H,3-9,14H2,1-2H3. The highest BCUT2D eigenvalue weighted by molar-refractivity contribution is 6.30. The van der Waals surface area contributed by atoms with Gasteiger partial charge in [0.2, 0.25) is 0 Å². The van der Waals surface area contributed by atoms with Crippen molar-refractivity contribution in [2.24, 2.45) is 11.8 Å². The fraction of sp³-hybridized carbons (Fsp3) is 0.684. The van der Waals surface area contributed by atoms with Crippen molar-refractivity contribution in [3.63, 3.8) is 0 Å². The number of rotatable bonds is 10. The third-order valence-electron chi connectivity index (χ3n) is 4.40. The van der Waals surface area contributed by atoms with Crippen LogP contribution >= 0.6 is 11.6 Å². The Labute approximate surface area is 135 Å². The molecule has 1 nitrogen and oxygen atoms in total. The van der Waals surface area contributed by atoms with Gasteiger partial charge >= 0.3 is 0 Å². The van der Waals surface area contributed by atoms with Gasteiger partial charge in [0.05, 0.1) is 0 Å². The molecule has 1 aliphatic carbocycles. The van der Waals surface area contributed by atoms with Crippen LogP contribution in [0.2, 0.25) is 5.02 Å². The van der Waals surface area contributed by atoms with Gasteiger partial charge in [0.25, 0.3) is 0 Å². The molecule has 1 aromatic rings. The minimum absolute atomic E-state index is 0.540. The number of nitrogens with one attached hydrogen (secondary N) is 1. The van der Waals surface area contributed by atoms with E-state index in [1.165, 1.54) is 50.5 Å². The summed E-state index contributed by atoms with van der Waals surface area (Å²) in [6.07, 6.45) is 9.55. The van der Waals surface area contributed by atoms with Crippen molar-refractivity contribution in [3.8, 4) is 0 Å². The summed E-state index contributed by atoms with van der Waals surface area (Å²) in [6.45, 7) is 5.77. The average molecular weight is 308 g/mol. The Kier molecular flexibility index (Phi) is 7.06. The molecule has 0 aliphatic heterocycles. The van der Waals surface area contributed by atoms with Crippen LogP contribution < -0.4 is 5.32 Å². The lowest BCUT2D eigenvalue weighted by Crippen LogP contribution is -2.24. The maximum atomic E-state index is 5.99. The summed E-state index contributed by atoms with van der Waals surface area (Å²) in [5.41, 5.74) is 1.40. The second-order valence-electron chi connectivity index (χ2n) is 6.92. The minimum atomic E-state index is 0.540. The zero-order valence-electron chi connectivity index (χ0n) is 13.6. The molecule has 0 spiro atoms. The average Bonchev–Trinajstić information content (AvgIpc) is 3.27. The van der Waals surface area contributed by atoms with Crippen molar-refractivity contribution in [2.45, 2.75) is 64.8 Å². The van der Waals surface area contributed by atoms with Gasteiger partial charge in [-0.3, -0.25) is 0 Å². The van der Waals surface area contributed by atoms with Gasteiger partial charge in [0.1, 0.15) is 0 Å². The molecule has 0 saturated heterocycles. The van der Waals surface area contributed by atoms with Crippen LogP contribution in [0.4, 0.5) is 0 Å². The van der Waals surface area contributed by atoms with E-state index in [1.807, 2.05) is 12.1 Å². The second-order valence-corrected chi connectivity index (χ2v) is 7.35. The van der Waals surface area contributed by atoms with Gasteiger partial charge in [-0.15, -0.1) is 0 Å². The first-order valence-electron chi connectivity index (χ1n) is 8.65. The molecule has 1 N–H and O–H groups in total. The smallest absolute Gasteiger partial charge is 0.0406 e. The van der Waals surface area contributed by atoms with Crippen LogP contribution in [0.5, 0.6) is 0 Å². The molecular weight excluding hydrogens is 278 g/mol. The number of benzene rings is 1. The van der Waals surface area contributed by atoms with E-state index in [2.05, 4.69) is 31.3 Å². The van der Waals surface area contributed by atoms with Gasteiger partial charge in [-0.1, -0.05) is 63.3 Å². The monoisotopic (exact) mass is 307 g/mol. The van der Waals surface area contributed by atoms with Crippen molar-refractivity contribution < 1.29 is 0 Å². The van der Waals surface area contributed by atoms with Crippen molar-refractivity contribution in [1.29, 1.82) is 0 Å². The number of halogens is 1. The van der Waals surface area contributed by atoms with Gasteiger partial charge in [0.15, 0.2) is 0 Å². The van der Waals surface area contributed by atoms with Crippen LogP contribution in [0.25, 0.3) is 0 Å². The predicted molar refractivity (Wildman–Crippen MR) is 92.8 cm³/mol. The van der Waals surface area contributed by atoms with Gasteiger partial charge < -0.3 is 5.32 Å². The van der Waals surface area contributed by atoms with E-state index in [0.29, 0.717) is 6.04 Å². The minimum Gasteiger partial charge on any atom is -0.310 e. The van der Waals surface area contributed by atoms with Crippen molar-refractivity contribution >= 4 is 11.6 Å². The lowest BCUT2D eigenvalue weighted by atomic mass is 10.0. The highest BCUT2D eigenvalue weighted by atomic mass is 35.5. The fourth-order valence-corrected chi connectivity index (χ4v) is 3.07. The summed E-state index contributed by atoms with van der Waals surface area (Å²) in [5, 5.41) is 4.61. The molecular formula is C19H30ClN. The van der Waals surface area contributed by atoms with Crippen LogP contribution in [0.15, 0.2) is 24.3 Å². The van der Waals surface area contributed by atoms with E-state index in [-0.39, 0.29) is 0 Å². The Balaban J connectivity index is 1.66. The zero-order chi connectivity index (χ0) is 15.1. The summed E-state index contributed by atoms with van der Waals surface area (Å²) in [5.74, 6) is 1.69. The molecule has 118 valence electrons. The Hall–Kier alpha value is -0.530. The van der Waals surface area contributed by atoms with Crippen LogP contribution in [-0.2, 0) is 0 Å². The fourth-order valence-electron chi connectivity index (χ4n) is 2.95. The van der Waals surface area contributed by atoms with Crippen LogP contribution in [0.3, 0.4) is 0 Å². The van der Waals surface area contributed by atoms with Gasteiger partial charge in [-0.05, 0) is 55.3 Å². The zero-order valence-corrected chi connectivity index (χ0v) is 14.3. The van der Waals surface area contributed by atoms with Crippen molar-refractivity contribution in [2.75, 3.05) is 6.54 Å². The summed E-state index contributed by atoms with van der Waals surface area (Å²) in [7, 11) is 0. The van der Waals surface area contributed by atoms with Gasteiger partial charge in [-0.25, -0.2) is 0 Å². The summed E-state index contributed by atoms with van der Waals surface area (Å²) < 4.78 is 0. The van der Waals surface area contributed by atoms with E-state index in [4.69, 9.17) is 11.6 Å². The summed E-state index contributed by atoms with van der Waals surface area (Å²) >= 11 is 5.99. The third-order valence-corrected chi connectivity index (χ3v) is 4.65. The Morgan fingerprint density at radius 3 is 2.33 bits per heavy atom. The van der Waals surface area contributed by atoms with Crippen LogP contribution in [0, 0.1) is 11.8 Å². The van der Waals surface area contributed by atoms with Gasteiger partial charge in [-0.2, -0.15) is 0 Å². The number of hydrogen-bond acceptors (Lipinski definition) is 1. The highest BCUT2D eigenvalue weighted by Gasteiger charge is 2.31. The molecule has 1 aromatic carbocycles. The molecule has 21 heavy (non-hydrogen) atoms. The molecule has 0 bridgehead atoms. The second kappa shape index (κ2) is 8.80.